The molecule has 0 saturated heterocycles. The van der Waals surface area contributed by atoms with E-state index in [-0.39, 0.29) is 10.6 Å². The Morgan fingerprint density at radius 1 is 1.53 bits per heavy atom. The summed E-state index contributed by atoms with van der Waals surface area (Å²) in [6.45, 7) is 2.67. The van der Waals surface area contributed by atoms with Gasteiger partial charge in [-0.3, -0.25) is 0 Å². The standard InChI is InChI=1S/C11H14FNOS/c1-2-3-6-14-8-4-5-9(11(13)15)10(12)7-8/h4-5,7H,2-3,6H2,1H3,(H2,13,15). The van der Waals surface area contributed by atoms with Crippen molar-refractivity contribution in [2.75, 3.05) is 6.61 Å². The maximum atomic E-state index is 13.4. The summed E-state index contributed by atoms with van der Waals surface area (Å²) in [5.41, 5.74) is 5.59. The summed E-state index contributed by atoms with van der Waals surface area (Å²) in [6, 6.07) is 4.52. The van der Waals surface area contributed by atoms with Crippen molar-refractivity contribution in [2.45, 2.75) is 19.8 Å². The first-order valence-corrected chi connectivity index (χ1v) is 5.28. The fourth-order valence-electron chi connectivity index (χ4n) is 1.12. The Hall–Kier alpha value is -1.16. The predicted molar refractivity (Wildman–Crippen MR) is 62.7 cm³/mol. The van der Waals surface area contributed by atoms with Crippen LogP contribution in [0.3, 0.4) is 0 Å². The molecule has 2 N–H and O–H groups in total. The highest BCUT2D eigenvalue weighted by Gasteiger charge is 2.06. The summed E-state index contributed by atoms with van der Waals surface area (Å²) in [6.07, 6.45) is 2.01. The number of benzene rings is 1. The Labute approximate surface area is 94.2 Å². The van der Waals surface area contributed by atoms with Gasteiger partial charge in [-0.25, -0.2) is 4.39 Å². The number of hydrogen-bond donors (Lipinski definition) is 1. The smallest absolute Gasteiger partial charge is 0.137 e. The maximum absolute atomic E-state index is 13.4. The summed E-state index contributed by atoms with van der Waals surface area (Å²) in [5, 5.41) is 0. The van der Waals surface area contributed by atoms with E-state index in [1.807, 2.05) is 0 Å². The number of ether oxygens (including phenoxy) is 1. The van der Waals surface area contributed by atoms with Crippen LogP contribution in [0.5, 0.6) is 5.75 Å². The third-order valence-corrected chi connectivity index (χ3v) is 2.19. The van der Waals surface area contributed by atoms with Gasteiger partial charge in [-0.1, -0.05) is 25.6 Å². The van der Waals surface area contributed by atoms with Crippen LogP contribution in [0.2, 0.25) is 0 Å². The highest BCUT2D eigenvalue weighted by atomic mass is 32.1. The molecule has 0 aliphatic heterocycles. The number of unbranched alkanes of at least 4 members (excludes halogenated alkanes) is 1. The zero-order valence-corrected chi connectivity index (χ0v) is 9.44. The van der Waals surface area contributed by atoms with Crippen molar-refractivity contribution in [3.8, 4) is 5.75 Å². The van der Waals surface area contributed by atoms with Gasteiger partial charge in [0.2, 0.25) is 0 Å². The normalized spacial score (nSPS) is 10.0. The molecule has 1 rings (SSSR count). The highest BCUT2D eigenvalue weighted by Crippen LogP contribution is 2.16. The summed E-state index contributed by atoms with van der Waals surface area (Å²) in [7, 11) is 0. The van der Waals surface area contributed by atoms with Crippen LogP contribution >= 0.6 is 12.2 Å². The molecule has 2 nitrogen and oxygen atoms in total. The van der Waals surface area contributed by atoms with Gasteiger partial charge in [0, 0.05) is 11.6 Å². The lowest BCUT2D eigenvalue weighted by Crippen LogP contribution is -2.11. The van der Waals surface area contributed by atoms with Crippen molar-refractivity contribution < 1.29 is 9.13 Å². The van der Waals surface area contributed by atoms with Crippen molar-refractivity contribution >= 4 is 17.2 Å². The van der Waals surface area contributed by atoms with Crippen molar-refractivity contribution in [1.82, 2.24) is 0 Å². The number of thiocarbonyl (C=S) groups is 1. The van der Waals surface area contributed by atoms with Crippen LogP contribution in [0.4, 0.5) is 4.39 Å². The monoisotopic (exact) mass is 227 g/mol. The lowest BCUT2D eigenvalue weighted by molar-refractivity contribution is 0.308. The Morgan fingerprint density at radius 2 is 2.27 bits per heavy atom. The topological polar surface area (TPSA) is 35.2 Å². The molecule has 0 spiro atoms. The number of halogens is 1. The zero-order chi connectivity index (χ0) is 11.3. The maximum Gasteiger partial charge on any atom is 0.137 e. The van der Waals surface area contributed by atoms with Gasteiger partial charge in [0.25, 0.3) is 0 Å². The predicted octanol–water partition coefficient (Wildman–Crippen LogP) is 2.64. The third kappa shape index (κ3) is 3.47. The van der Waals surface area contributed by atoms with Crippen LogP contribution < -0.4 is 10.5 Å². The summed E-state index contributed by atoms with van der Waals surface area (Å²) >= 11 is 4.70. The molecule has 0 amide bonds. The zero-order valence-electron chi connectivity index (χ0n) is 8.63. The van der Waals surface area contributed by atoms with E-state index in [2.05, 4.69) is 6.92 Å². The van der Waals surface area contributed by atoms with Crippen LogP contribution in [0.25, 0.3) is 0 Å². The van der Waals surface area contributed by atoms with Crippen molar-refractivity contribution in [3.05, 3.63) is 29.6 Å². The Balaban J connectivity index is 2.69. The van der Waals surface area contributed by atoms with Crippen LogP contribution in [-0.4, -0.2) is 11.6 Å². The molecular weight excluding hydrogens is 213 g/mol. The number of rotatable bonds is 5. The minimum Gasteiger partial charge on any atom is -0.493 e. The first kappa shape index (κ1) is 11.9. The molecule has 0 aromatic heterocycles. The second-order valence-electron chi connectivity index (χ2n) is 3.21. The minimum absolute atomic E-state index is 0.0626. The van der Waals surface area contributed by atoms with E-state index in [1.165, 1.54) is 6.07 Å². The first-order valence-electron chi connectivity index (χ1n) is 4.87. The molecule has 1 aromatic carbocycles. The van der Waals surface area contributed by atoms with E-state index < -0.39 is 5.82 Å². The van der Waals surface area contributed by atoms with Crippen molar-refractivity contribution in [1.29, 1.82) is 0 Å². The minimum atomic E-state index is -0.434. The molecule has 4 heteroatoms. The third-order valence-electron chi connectivity index (χ3n) is 1.97. The fraction of sp³-hybridized carbons (Fsp3) is 0.364. The summed E-state index contributed by atoms with van der Waals surface area (Å²) < 4.78 is 18.7. The molecule has 0 saturated carbocycles. The first-order chi connectivity index (χ1) is 7.15. The molecule has 0 bridgehead atoms. The Bertz CT molecular complexity index is 354. The molecule has 0 radical (unpaired) electrons. The molecule has 0 atom stereocenters. The van der Waals surface area contributed by atoms with E-state index in [0.29, 0.717) is 12.4 Å². The van der Waals surface area contributed by atoms with Gasteiger partial charge in [-0.05, 0) is 18.6 Å². The average Bonchev–Trinajstić information content (AvgIpc) is 2.17. The largest absolute Gasteiger partial charge is 0.493 e. The van der Waals surface area contributed by atoms with Gasteiger partial charge in [0.1, 0.15) is 16.6 Å². The highest BCUT2D eigenvalue weighted by molar-refractivity contribution is 7.80. The van der Waals surface area contributed by atoms with Gasteiger partial charge in [0.05, 0.1) is 6.61 Å². The Morgan fingerprint density at radius 3 is 2.80 bits per heavy atom. The molecule has 0 heterocycles. The molecule has 0 aliphatic carbocycles. The summed E-state index contributed by atoms with van der Waals surface area (Å²) in [5.74, 6) is 0.0810. The molecule has 82 valence electrons. The van der Waals surface area contributed by atoms with Crippen molar-refractivity contribution in [3.63, 3.8) is 0 Å². The van der Waals surface area contributed by atoms with Crippen LogP contribution in [0.1, 0.15) is 25.3 Å². The van der Waals surface area contributed by atoms with E-state index in [4.69, 9.17) is 22.7 Å². The lowest BCUT2D eigenvalue weighted by atomic mass is 10.2. The van der Waals surface area contributed by atoms with Crippen molar-refractivity contribution in [2.24, 2.45) is 5.73 Å². The molecule has 0 unspecified atom stereocenters. The molecule has 0 fully saturated rings. The Kier molecular flexibility index (Phi) is 4.49. The lowest BCUT2D eigenvalue weighted by Gasteiger charge is -2.07. The van der Waals surface area contributed by atoms with Crippen LogP contribution in [-0.2, 0) is 0 Å². The van der Waals surface area contributed by atoms with Gasteiger partial charge >= 0.3 is 0 Å². The van der Waals surface area contributed by atoms with E-state index in [1.54, 1.807) is 12.1 Å². The van der Waals surface area contributed by atoms with Gasteiger partial charge in [-0.2, -0.15) is 0 Å². The fourth-order valence-corrected chi connectivity index (χ4v) is 1.29. The number of nitrogens with two attached hydrogens (primary N) is 1. The SMILES string of the molecule is CCCCOc1ccc(C(N)=S)c(F)c1. The molecule has 1 aromatic rings. The van der Waals surface area contributed by atoms with E-state index >= 15 is 0 Å². The van der Waals surface area contributed by atoms with Crippen LogP contribution in [0, 0.1) is 5.82 Å². The quantitative estimate of drug-likeness (QED) is 0.620. The molecule has 0 aliphatic rings. The van der Waals surface area contributed by atoms with Gasteiger partial charge in [-0.15, -0.1) is 0 Å². The van der Waals surface area contributed by atoms with E-state index in [9.17, 15) is 4.39 Å². The number of hydrogen-bond acceptors (Lipinski definition) is 2. The van der Waals surface area contributed by atoms with Gasteiger partial charge < -0.3 is 10.5 Å². The second kappa shape index (κ2) is 5.66. The summed E-state index contributed by atoms with van der Waals surface area (Å²) in [4.78, 5) is 0.0626. The van der Waals surface area contributed by atoms with Gasteiger partial charge in [0.15, 0.2) is 0 Å². The second-order valence-corrected chi connectivity index (χ2v) is 3.65. The molecular formula is C11H14FNOS. The average molecular weight is 227 g/mol. The van der Waals surface area contributed by atoms with E-state index in [0.717, 1.165) is 12.8 Å². The molecule has 15 heavy (non-hydrogen) atoms. The van der Waals surface area contributed by atoms with Crippen LogP contribution in [0.15, 0.2) is 18.2 Å².